The van der Waals surface area contributed by atoms with Crippen molar-refractivity contribution in [2.24, 2.45) is 11.7 Å². The van der Waals surface area contributed by atoms with Gasteiger partial charge in [0.05, 0.1) is 19.3 Å². The predicted octanol–water partition coefficient (Wildman–Crippen LogP) is 3.32. The van der Waals surface area contributed by atoms with Gasteiger partial charge in [0.15, 0.2) is 0 Å². The van der Waals surface area contributed by atoms with Crippen molar-refractivity contribution in [1.82, 2.24) is 0 Å². The summed E-state index contributed by atoms with van der Waals surface area (Å²) in [4.78, 5) is 11.8. The molecular formula is C18H27NO3. The maximum atomic E-state index is 11.8. The number of carbonyl (C=O) groups is 1. The first kappa shape index (κ1) is 16.8. The fraction of sp³-hybridized carbons (Fsp3) is 0.611. The van der Waals surface area contributed by atoms with Gasteiger partial charge in [-0.1, -0.05) is 19.3 Å². The van der Waals surface area contributed by atoms with Gasteiger partial charge in [-0.25, -0.2) is 4.79 Å². The molecule has 1 saturated carbocycles. The van der Waals surface area contributed by atoms with Crippen LogP contribution in [-0.2, 0) is 11.2 Å². The molecule has 1 aromatic carbocycles. The number of hydrogen-bond donors (Lipinski definition) is 1. The molecule has 0 aliphatic heterocycles. The number of benzene rings is 1. The summed E-state index contributed by atoms with van der Waals surface area (Å²) >= 11 is 0. The molecule has 22 heavy (non-hydrogen) atoms. The van der Waals surface area contributed by atoms with Crippen LogP contribution in [0.15, 0.2) is 18.2 Å². The first-order valence-electron chi connectivity index (χ1n) is 8.28. The molecule has 0 aromatic heterocycles. The summed E-state index contributed by atoms with van der Waals surface area (Å²) < 4.78 is 10.8. The fourth-order valence-corrected chi connectivity index (χ4v) is 3.00. The van der Waals surface area contributed by atoms with E-state index in [2.05, 4.69) is 0 Å². The minimum absolute atomic E-state index is 0.322. The fourth-order valence-electron chi connectivity index (χ4n) is 3.00. The molecule has 122 valence electrons. The summed E-state index contributed by atoms with van der Waals surface area (Å²) in [5.74, 6) is 1.08. The van der Waals surface area contributed by atoms with E-state index in [9.17, 15) is 4.79 Å². The summed E-state index contributed by atoms with van der Waals surface area (Å²) in [6, 6.07) is 5.67. The minimum atomic E-state index is -0.322. The first-order chi connectivity index (χ1) is 10.7. The molecule has 0 heterocycles. The Morgan fingerprint density at radius 2 is 2.00 bits per heavy atom. The molecule has 2 rings (SSSR count). The predicted molar refractivity (Wildman–Crippen MR) is 87.2 cm³/mol. The van der Waals surface area contributed by atoms with Crippen LogP contribution in [0.4, 0.5) is 0 Å². The molecule has 1 fully saturated rings. The van der Waals surface area contributed by atoms with Gasteiger partial charge in [-0.15, -0.1) is 0 Å². The zero-order chi connectivity index (χ0) is 15.8. The molecule has 0 bridgehead atoms. The maximum absolute atomic E-state index is 11.8. The number of carbonyl (C=O) groups excluding carboxylic acids is 1. The highest BCUT2D eigenvalue weighted by atomic mass is 16.5. The highest BCUT2D eigenvalue weighted by Gasteiger charge is 2.15. The van der Waals surface area contributed by atoms with Crippen LogP contribution in [0.2, 0.25) is 0 Å². The molecule has 0 amide bonds. The third-order valence-electron chi connectivity index (χ3n) is 4.27. The van der Waals surface area contributed by atoms with E-state index in [1.807, 2.05) is 12.1 Å². The molecule has 1 aliphatic rings. The quantitative estimate of drug-likeness (QED) is 0.785. The van der Waals surface area contributed by atoms with E-state index >= 15 is 0 Å². The molecule has 4 nitrogen and oxygen atoms in total. The van der Waals surface area contributed by atoms with Crippen LogP contribution in [0.3, 0.4) is 0 Å². The van der Waals surface area contributed by atoms with E-state index in [0.717, 1.165) is 30.8 Å². The third kappa shape index (κ3) is 5.02. The highest BCUT2D eigenvalue weighted by Crippen LogP contribution is 2.26. The van der Waals surface area contributed by atoms with E-state index in [0.29, 0.717) is 18.0 Å². The van der Waals surface area contributed by atoms with Crippen molar-refractivity contribution in [3.63, 3.8) is 0 Å². The number of hydrogen-bond acceptors (Lipinski definition) is 4. The van der Waals surface area contributed by atoms with Crippen LogP contribution in [0.25, 0.3) is 0 Å². The second-order valence-corrected chi connectivity index (χ2v) is 6.06. The molecule has 0 radical (unpaired) electrons. The van der Waals surface area contributed by atoms with Gasteiger partial charge >= 0.3 is 5.97 Å². The Morgan fingerprint density at radius 1 is 1.23 bits per heavy atom. The normalized spacial score (nSPS) is 15.5. The molecule has 1 aromatic rings. The van der Waals surface area contributed by atoms with E-state index < -0.39 is 0 Å². The Bertz CT molecular complexity index is 481. The third-order valence-corrected chi connectivity index (χ3v) is 4.27. The van der Waals surface area contributed by atoms with Crippen LogP contribution < -0.4 is 10.5 Å². The molecule has 0 atom stereocenters. The lowest BCUT2D eigenvalue weighted by atomic mass is 9.90. The van der Waals surface area contributed by atoms with Crippen LogP contribution >= 0.6 is 0 Å². The van der Waals surface area contributed by atoms with Gasteiger partial charge in [0.1, 0.15) is 5.75 Å². The lowest BCUT2D eigenvalue weighted by Crippen LogP contribution is -2.15. The second-order valence-electron chi connectivity index (χ2n) is 6.06. The van der Waals surface area contributed by atoms with Gasteiger partial charge < -0.3 is 15.2 Å². The number of esters is 1. The van der Waals surface area contributed by atoms with Gasteiger partial charge in [-0.05, 0) is 61.9 Å². The Labute approximate surface area is 133 Å². The zero-order valence-electron chi connectivity index (χ0n) is 13.5. The summed E-state index contributed by atoms with van der Waals surface area (Å²) in [7, 11) is 1.40. The van der Waals surface area contributed by atoms with Crippen molar-refractivity contribution >= 4 is 5.97 Å². The van der Waals surface area contributed by atoms with Gasteiger partial charge in [0.25, 0.3) is 0 Å². The monoisotopic (exact) mass is 305 g/mol. The SMILES string of the molecule is COC(=O)c1cc(CCCN)cc(OCC2CCCCC2)c1. The van der Waals surface area contributed by atoms with Crippen molar-refractivity contribution in [2.75, 3.05) is 20.3 Å². The number of rotatable bonds is 7. The first-order valence-corrected chi connectivity index (χ1v) is 8.28. The minimum Gasteiger partial charge on any atom is -0.493 e. The lowest BCUT2D eigenvalue weighted by molar-refractivity contribution is 0.0600. The molecule has 4 heteroatoms. The van der Waals surface area contributed by atoms with Gasteiger partial charge in [0, 0.05) is 0 Å². The van der Waals surface area contributed by atoms with Gasteiger partial charge in [-0.3, -0.25) is 0 Å². The maximum Gasteiger partial charge on any atom is 0.337 e. The molecule has 2 N–H and O–H groups in total. The standard InChI is InChI=1S/C18H27NO3/c1-21-18(20)16-10-15(8-5-9-19)11-17(12-16)22-13-14-6-3-2-4-7-14/h10-12,14H,2-9,13,19H2,1H3. The van der Waals surface area contributed by atoms with Gasteiger partial charge in [0.2, 0.25) is 0 Å². The summed E-state index contributed by atoms with van der Waals surface area (Å²) in [5.41, 5.74) is 7.20. The van der Waals surface area contributed by atoms with Crippen LogP contribution in [0.1, 0.15) is 54.4 Å². The summed E-state index contributed by atoms with van der Waals surface area (Å²) in [5, 5.41) is 0. The number of methoxy groups -OCH3 is 1. The Kier molecular flexibility index (Phi) is 6.72. The lowest BCUT2D eigenvalue weighted by Gasteiger charge is -2.22. The van der Waals surface area contributed by atoms with Crippen molar-refractivity contribution in [1.29, 1.82) is 0 Å². The second kappa shape index (κ2) is 8.79. The van der Waals surface area contributed by atoms with Crippen LogP contribution in [0, 0.1) is 5.92 Å². The average Bonchev–Trinajstić information content (AvgIpc) is 2.58. The molecule has 0 unspecified atom stereocenters. The van der Waals surface area contributed by atoms with Crippen molar-refractivity contribution in [3.8, 4) is 5.75 Å². The topological polar surface area (TPSA) is 61.5 Å². The average molecular weight is 305 g/mol. The van der Waals surface area contributed by atoms with Crippen molar-refractivity contribution in [2.45, 2.75) is 44.9 Å². The Balaban J connectivity index is 2.05. The van der Waals surface area contributed by atoms with E-state index in [1.54, 1.807) is 6.07 Å². The van der Waals surface area contributed by atoms with Crippen LogP contribution in [0.5, 0.6) is 5.75 Å². The zero-order valence-corrected chi connectivity index (χ0v) is 13.5. The number of ether oxygens (including phenoxy) is 2. The van der Waals surface area contributed by atoms with Gasteiger partial charge in [-0.2, -0.15) is 0 Å². The number of aryl methyl sites for hydroxylation is 1. The van der Waals surface area contributed by atoms with Crippen molar-refractivity contribution < 1.29 is 14.3 Å². The molecular weight excluding hydrogens is 278 g/mol. The molecule has 1 aliphatic carbocycles. The van der Waals surface area contributed by atoms with Crippen LogP contribution in [-0.4, -0.2) is 26.2 Å². The van der Waals surface area contributed by atoms with E-state index in [4.69, 9.17) is 15.2 Å². The van der Waals surface area contributed by atoms with E-state index in [1.165, 1.54) is 39.2 Å². The smallest absolute Gasteiger partial charge is 0.337 e. The Hall–Kier alpha value is -1.55. The summed E-state index contributed by atoms with van der Waals surface area (Å²) in [6.07, 6.45) is 8.19. The molecule has 0 saturated heterocycles. The summed E-state index contributed by atoms with van der Waals surface area (Å²) in [6.45, 7) is 1.38. The van der Waals surface area contributed by atoms with E-state index in [-0.39, 0.29) is 5.97 Å². The van der Waals surface area contributed by atoms with Crippen molar-refractivity contribution in [3.05, 3.63) is 29.3 Å². The number of nitrogens with two attached hydrogens (primary N) is 1. The highest BCUT2D eigenvalue weighted by molar-refractivity contribution is 5.90. The molecule has 0 spiro atoms. The largest absolute Gasteiger partial charge is 0.493 e. The Morgan fingerprint density at radius 3 is 2.68 bits per heavy atom.